The summed E-state index contributed by atoms with van der Waals surface area (Å²) in [6.45, 7) is 4.60. The summed E-state index contributed by atoms with van der Waals surface area (Å²) in [6.07, 6.45) is 0. The highest BCUT2D eigenvalue weighted by atomic mass is 16.3. The second-order valence-corrected chi connectivity index (χ2v) is 4.31. The molecule has 2 N–H and O–H groups in total. The molecule has 17 heavy (non-hydrogen) atoms. The highest BCUT2D eigenvalue weighted by Crippen LogP contribution is 2.24. The Labute approximate surface area is 102 Å². The Bertz CT molecular complexity index is 506. The van der Waals surface area contributed by atoms with Gasteiger partial charge in [0, 0.05) is 17.8 Å². The van der Waals surface area contributed by atoms with Gasteiger partial charge in [0.25, 0.3) is 0 Å². The monoisotopic (exact) mass is 227 g/mol. The number of nitrogens with one attached hydrogen (secondary N) is 1. The SMILES string of the molecule is Cc1cc(C)c(O)c(CNc2ccccc2)c1. The van der Waals surface area contributed by atoms with Crippen molar-refractivity contribution in [1.82, 2.24) is 0 Å². The summed E-state index contributed by atoms with van der Waals surface area (Å²) < 4.78 is 0. The minimum atomic E-state index is 0.388. The average Bonchev–Trinajstić information content (AvgIpc) is 2.33. The van der Waals surface area contributed by atoms with Crippen LogP contribution in [0.1, 0.15) is 16.7 Å². The molecule has 2 heteroatoms. The molecule has 0 heterocycles. The van der Waals surface area contributed by atoms with E-state index in [1.165, 1.54) is 5.56 Å². The molecule has 88 valence electrons. The molecule has 2 aromatic rings. The van der Waals surface area contributed by atoms with Crippen molar-refractivity contribution in [3.63, 3.8) is 0 Å². The van der Waals surface area contributed by atoms with Gasteiger partial charge >= 0.3 is 0 Å². The number of aromatic hydroxyl groups is 1. The van der Waals surface area contributed by atoms with Crippen molar-refractivity contribution in [3.05, 3.63) is 59.2 Å². The maximum atomic E-state index is 9.96. The van der Waals surface area contributed by atoms with E-state index >= 15 is 0 Å². The van der Waals surface area contributed by atoms with E-state index in [2.05, 4.69) is 5.32 Å². The molecule has 0 spiro atoms. The van der Waals surface area contributed by atoms with Crippen LogP contribution in [0.4, 0.5) is 5.69 Å². The highest BCUT2D eigenvalue weighted by Gasteiger charge is 2.05. The number of benzene rings is 2. The maximum absolute atomic E-state index is 9.96. The fraction of sp³-hybridized carbons (Fsp3) is 0.200. The molecule has 2 aromatic carbocycles. The zero-order valence-electron chi connectivity index (χ0n) is 10.2. The number of hydrogen-bond donors (Lipinski definition) is 2. The van der Waals surface area contributed by atoms with Crippen molar-refractivity contribution in [2.75, 3.05) is 5.32 Å². The molecular formula is C15H17NO. The summed E-state index contributed by atoms with van der Waals surface area (Å²) in [7, 11) is 0. The molecule has 0 amide bonds. The van der Waals surface area contributed by atoms with Crippen molar-refractivity contribution < 1.29 is 5.11 Å². The van der Waals surface area contributed by atoms with Crippen LogP contribution < -0.4 is 5.32 Å². The van der Waals surface area contributed by atoms with Gasteiger partial charge in [-0.1, -0.05) is 35.9 Å². The lowest BCUT2D eigenvalue weighted by atomic mass is 10.1. The van der Waals surface area contributed by atoms with Crippen LogP contribution >= 0.6 is 0 Å². The molecule has 0 aliphatic heterocycles. The Hall–Kier alpha value is -1.96. The topological polar surface area (TPSA) is 32.3 Å². The number of para-hydroxylation sites is 1. The summed E-state index contributed by atoms with van der Waals surface area (Å²) in [6, 6.07) is 14.0. The lowest BCUT2D eigenvalue weighted by Gasteiger charge is -2.11. The van der Waals surface area contributed by atoms with Crippen LogP contribution in [0, 0.1) is 13.8 Å². The van der Waals surface area contributed by atoms with Gasteiger partial charge in [-0.05, 0) is 31.5 Å². The maximum Gasteiger partial charge on any atom is 0.123 e. The number of aryl methyl sites for hydroxylation is 2. The van der Waals surface area contributed by atoms with E-state index in [-0.39, 0.29) is 0 Å². The second-order valence-electron chi connectivity index (χ2n) is 4.31. The fourth-order valence-electron chi connectivity index (χ4n) is 1.94. The van der Waals surface area contributed by atoms with Gasteiger partial charge in [-0.3, -0.25) is 0 Å². The van der Waals surface area contributed by atoms with E-state index in [9.17, 15) is 5.11 Å². The van der Waals surface area contributed by atoms with Crippen LogP contribution in [0.2, 0.25) is 0 Å². The van der Waals surface area contributed by atoms with Gasteiger partial charge in [0.1, 0.15) is 5.75 Å². The quantitative estimate of drug-likeness (QED) is 0.839. The smallest absolute Gasteiger partial charge is 0.123 e. The third kappa shape index (κ3) is 2.78. The summed E-state index contributed by atoms with van der Waals surface area (Å²) in [4.78, 5) is 0. The zero-order chi connectivity index (χ0) is 12.3. The van der Waals surface area contributed by atoms with Crippen LogP contribution in [-0.4, -0.2) is 5.11 Å². The molecular weight excluding hydrogens is 210 g/mol. The highest BCUT2D eigenvalue weighted by molar-refractivity contribution is 5.47. The summed E-state index contributed by atoms with van der Waals surface area (Å²) in [5.74, 6) is 0.388. The summed E-state index contributed by atoms with van der Waals surface area (Å²) >= 11 is 0. The molecule has 2 rings (SSSR count). The van der Waals surface area contributed by atoms with Gasteiger partial charge < -0.3 is 10.4 Å². The van der Waals surface area contributed by atoms with E-state index in [4.69, 9.17) is 0 Å². The lowest BCUT2D eigenvalue weighted by molar-refractivity contribution is 0.464. The second kappa shape index (κ2) is 4.91. The molecule has 0 atom stereocenters. The van der Waals surface area contributed by atoms with Gasteiger partial charge in [-0.15, -0.1) is 0 Å². The predicted molar refractivity (Wildman–Crippen MR) is 71.3 cm³/mol. The van der Waals surface area contributed by atoms with Gasteiger partial charge in [-0.2, -0.15) is 0 Å². The summed E-state index contributed by atoms with van der Waals surface area (Å²) in [5, 5.41) is 13.3. The zero-order valence-corrected chi connectivity index (χ0v) is 10.2. The van der Waals surface area contributed by atoms with E-state index in [1.54, 1.807) is 0 Å². The Morgan fingerprint density at radius 1 is 1.06 bits per heavy atom. The first kappa shape index (κ1) is 11.5. The van der Waals surface area contributed by atoms with Crippen molar-refractivity contribution >= 4 is 5.69 Å². The number of phenolic OH excluding ortho intramolecular Hbond substituents is 1. The lowest BCUT2D eigenvalue weighted by Crippen LogP contribution is -2.00. The van der Waals surface area contributed by atoms with Gasteiger partial charge in [0.05, 0.1) is 0 Å². The van der Waals surface area contributed by atoms with Gasteiger partial charge in [0.15, 0.2) is 0 Å². The molecule has 0 saturated heterocycles. The van der Waals surface area contributed by atoms with Gasteiger partial charge in [-0.25, -0.2) is 0 Å². The minimum absolute atomic E-state index is 0.388. The van der Waals surface area contributed by atoms with E-state index < -0.39 is 0 Å². The number of anilines is 1. The average molecular weight is 227 g/mol. The first-order valence-electron chi connectivity index (χ1n) is 5.75. The van der Waals surface area contributed by atoms with Crippen molar-refractivity contribution in [2.24, 2.45) is 0 Å². The molecule has 0 bridgehead atoms. The van der Waals surface area contributed by atoms with Crippen LogP contribution in [0.3, 0.4) is 0 Å². The number of hydrogen-bond acceptors (Lipinski definition) is 2. The number of phenols is 1. The van der Waals surface area contributed by atoms with Crippen molar-refractivity contribution in [2.45, 2.75) is 20.4 Å². The Morgan fingerprint density at radius 2 is 1.76 bits per heavy atom. The third-order valence-corrected chi connectivity index (χ3v) is 2.78. The molecule has 0 saturated carbocycles. The standard InChI is InChI=1S/C15H17NO/c1-11-8-12(2)15(17)13(9-11)10-16-14-6-4-3-5-7-14/h3-9,16-17H,10H2,1-2H3. The summed E-state index contributed by atoms with van der Waals surface area (Å²) in [5.41, 5.74) is 4.09. The molecule has 0 fully saturated rings. The molecule has 0 aliphatic carbocycles. The van der Waals surface area contributed by atoms with Crippen molar-refractivity contribution in [3.8, 4) is 5.75 Å². The molecule has 2 nitrogen and oxygen atoms in total. The van der Waals surface area contributed by atoms with Gasteiger partial charge in [0.2, 0.25) is 0 Å². The number of rotatable bonds is 3. The van der Waals surface area contributed by atoms with Crippen LogP contribution in [-0.2, 0) is 6.54 Å². The third-order valence-electron chi connectivity index (χ3n) is 2.78. The molecule has 0 radical (unpaired) electrons. The van der Waals surface area contributed by atoms with E-state index in [0.29, 0.717) is 12.3 Å². The first-order chi connectivity index (χ1) is 8.16. The van der Waals surface area contributed by atoms with E-state index in [1.807, 2.05) is 56.3 Å². The normalized spacial score (nSPS) is 10.2. The van der Waals surface area contributed by atoms with Crippen LogP contribution in [0.5, 0.6) is 5.75 Å². The minimum Gasteiger partial charge on any atom is -0.507 e. The van der Waals surface area contributed by atoms with Crippen molar-refractivity contribution in [1.29, 1.82) is 0 Å². The molecule has 0 aromatic heterocycles. The van der Waals surface area contributed by atoms with E-state index in [0.717, 1.165) is 16.8 Å². The Balaban J connectivity index is 2.14. The molecule has 0 aliphatic rings. The van der Waals surface area contributed by atoms with Crippen LogP contribution in [0.15, 0.2) is 42.5 Å². The molecule has 0 unspecified atom stereocenters. The fourth-order valence-corrected chi connectivity index (χ4v) is 1.94. The Kier molecular flexibility index (Phi) is 3.33. The van der Waals surface area contributed by atoms with Crippen LogP contribution in [0.25, 0.3) is 0 Å². The first-order valence-corrected chi connectivity index (χ1v) is 5.75. The predicted octanol–water partition coefficient (Wildman–Crippen LogP) is 3.62. The largest absolute Gasteiger partial charge is 0.507 e. The Morgan fingerprint density at radius 3 is 2.47 bits per heavy atom.